The average Bonchev–Trinajstić information content (AvgIpc) is 2.73. The first-order valence-corrected chi connectivity index (χ1v) is 10.6. The van der Waals surface area contributed by atoms with Crippen LogP contribution in [0.3, 0.4) is 0 Å². The van der Waals surface area contributed by atoms with Crippen LogP contribution in [0.5, 0.6) is 5.75 Å². The molecule has 0 saturated heterocycles. The molecule has 2 heteroatoms. The molecule has 0 N–H and O–H groups in total. The molecule has 2 nitrogen and oxygen atoms in total. The largest absolute Gasteiger partial charge is 0.493 e. The van der Waals surface area contributed by atoms with Gasteiger partial charge in [-0.15, -0.1) is 0 Å². The molecule has 0 bridgehead atoms. The minimum absolute atomic E-state index is 0.590. The third kappa shape index (κ3) is 4.34. The number of rotatable bonds is 3. The highest BCUT2D eigenvalue weighted by atomic mass is 16.5. The van der Waals surface area contributed by atoms with E-state index in [-0.39, 0.29) is 0 Å². The molecule has 0 aromatic heterocycles. The Balaban J connectivity index is 2.66. The van der Waals surface area contributed by atoms with Crippen LogP contribution in [-0.4, -0.2) is 13.2 Å². The molecule has 2 rings (SSSR count). The molecule has 0 fully saturated rings. The summed E-state index contributed by atoms with van der Waals surface area (Å²) in [5.41, 5.74) is 12.7. The maximum Gasteiger partial charge on any atom is 0.125 e. The van der Waals surface area contributed by atoms with Gasteiger partial charge in [0.1, 0.15) is 11.9 Å². The van der Waals surface area contributed by atoms with E-state index in [9.17, 15) is 0 Å². The summed E-state index contributed by atoms with van der Waals surface area (Å²) in [4.78, 5) is 0. The predicted octanol–water partition coefficient (Wildman–Crippen LogP) is 6.30. The van der Waals surface area contributed by atoms with Gasteiger partial charge in [0.2, 0.25) is 0 Å². The Bertz CT molecular complexity index is 1040. The van der Waals surface area contributed by atoms with Gasteiger partial charge in [-0.05, 0) is 120 Å². The topological polar surface area (TPSA) is 18.5 Å². The summed E-state index contributed by atoms with van der Waals surface area (Å²) >= 11 is 0. The number of benzene rings is 2. The molecule has 0 atom stereocenters. The monoisotopic (exact) mass is 402 g/mol. The number of ether oxygens (including phenoxy) is 2. The second kappa shape index (κ2) is 9.77. The van der Waals surface area contributed by atoms with E-state index < -0.39 is 0 Å². The first kappa shape index (κ1) is 23.4. The fourth-order valence-electron chi connectivity index (χ4n) is 3.80. The summed E-state index contributed by atoms with van der Waals surface area (Å²) in [6, 6.07) is 0. The molecule has 0 saturated carbocycles. The van der Waals surface area contributed by atoms with Crippen LogP contribution in [0.2, 0.25) is 0 Å². The lowest BCUT2D eigenvalue weighted by Gasteiger charge is -2.18. The van der Waals surface area contributed by atoms with E-state index in [0.717, 1.165) is 22.4 Å². The van der Waals surface area contributed by atoms with Crippen molar-refractivity contribution >= 4 is 0 Å². The molecular weight excluding hydrogens is 368 g/mol. The first-order chi connectivity index (χ1) is 14.2. The normalized spacial score (nSPS) is 10.1. The van der Waals surface area contributed by atoms with Crippen molar-refractivity contribution in [2.75, 3.05) is 13.2 Å². The van der Waals surface area contributed by atoms with Crippen molar-refractivity contribution in [3.8, 4) is 29.6 Å². The van der Waals surface area contributed by atoms with E-state index in [1.807, 2.05) is 13.8 Å². The van der Waals surface area contributed by atoms with E-state index in [2.05, 4.69) is 79.3 Å². The van der Waals surface area contributed by atoms with Gasteiger partial charge in [0.05, 0.1) is 13.2 Å². The third-order valence-electron chi connectivity index (χ3n) is 6.17. The zero-order valence-corrected chi connectivity index (χ0v) is 20.2. The lowest BCUT2D eigenvalue weighted by Crippen LogP contribution is -2.04. The van der Waals surface area contributed by atoms with E-state index in [0.29, 0.717) is 13.2 Å². The van der Waals surface area contributed by atoms with Crippen LogP contribution in [0, 0.1) is 79.3 Å². The Labute approximate surface area is 183 Å². The van der Waals surface area contributed by atoms with Crippen LogP contribution >= 0.6 is 0 Å². The van der Waals surface area contributed by atoms with Gasteiger partial charge in [0, 0.05) is 16.7 Å². The predicted molar refractivity (Wildman–Crippen MR) is 126 cm³/mol. The molecule has 30 heavy (non-hydrogen) atoms. The Morgan fingerprint density at radius 1 is 0.500 bits per heavy atom. The average molecular weight is 403 g/mol. The zero-order chi connectivity index (χ0) is 22.6. The minimum Gasteiger partial charge on any atom is -0.493 e. The molecule has 0 aliphatic rings. The van der Waals surface area contributed by atoms with Gasteiger partial charge >= 0.3 is 0 Å². The van der Waals surface area contributed by atoms with Gasteiger partial charge in [-0.2, -0.15) is 0 Å². The van der Waals surface area contributed by atoms with Crippen molar-refractivity contribution in [1.82, 2.24) is 0 Å². The van der Waals surface area contributed by atoms with Crippen molar-refractivity contribution in [3.63, 3.8) is 0 Å². The van der Waals surface area contributed by atoms with Crippen molar-refractivity contribution in [3.05, 3.63) is 61.2 Å². The molecule has 0 unspecified atom stereocenters. The lowest BCUT2D eigenvalue weighted by molar-refractivity contribution is 0.299. The smallest absolute Gasteiger partial charge is 0.125 e. The van der Waals surface area contributed by atoms with E-state index in [4.69, 9.17) is 9.47 Å². The maximum absolute atomic E-state index is 5.90. The Kier molecular flexibility index (Phi) is 7.64. The van der Waals surface area contributed by atoms with Crippen molar-refractivity contribution in [2.24, 2.45) is 0 Å². The lowest BCUT2D eigenvalue weighted by atomic mass is 9.88. The molecule has 2 aromatic rings. The molecule has 0 amide bonds. The molecule has 0 aliphatic heterocycles. The molecule has 0 radical (unpaired) electrons. The Morgan fingerprint density at radius 3 is 1.23 bits per heavy atom. The van der Waals surface area contributed by atoms with Gasteiger partial charge in [-0.1, -0.05) is 11.8 Å². The molecule has 0 heterocycles. The van der Waals surface area contributed by atoms with Crippen LogP contribution < -0.4 is 4.74 Å². The standard InChI is InChI=1S/C28H34O2/c1-11-29-16-15-27-19(5)17(3)25(18(4)20(27)6)13-14-26-21(7)23(9)28(30-12-2)24(10)22(26)8/h11-12H2,1-10H3. The van der Waals surface area contributed by atoms with Crippen molar-refractivity contribution < 1.29 is 9.47 Å². The van der Waals surface area contributed by atoms with Crippen LogP contribution in [0.15, 0.2) is 0 Å². The highest BCUT2D eigenvalue weighted by Gasteiger charge is 2.16. The van der Waals surface area contributed by atoms with Gasteiger partial charge < -0.3 is 9.47 Å². The fourth-order valence-corrected chi connectivity index (χ4v) is 3.80. The summed E-state index contributed by atoms with van der Waals surface area (Å²) in [7, 11) is 0. The van der Waals surface area contributed by atoms with Crippen molar-refractivity contribution in [2.45, 2.75) is 69.2 Å². The van der Waals surface area contributed by atoms with E-state index in [1.165, 1.54) is 44.5 Å². The second-order valence-electron chi connectivity index (χ2n) is 7.80. The van der Waals surface area contributed by atoms with Crippen LogP contribution in [-0.2, 0) is 4.74 Å². The SMILES string of the molecule is CCOC#Cc1c(C)c(C)c(C#Cc2c(C)c(C)c(OCC)c(C)c2C)c(C)c1C. The first-order valence-electron chi connectivity index (χ1n) is 10.6. The highest BCUT2D eigenvalue weighted by Crippen LogP contribution is 2.32. The molecule has 0 aliphatic carbocycles. The third-order valence-corrected chi connectivity index (χ3v) is 6.17. The fraction of sp³-hybridized carbons (Fsp3) is 0.429. The second-order valence-corrected chi connectivity index (χ2v) is 7.80. The summed E-state index contributed by atoms with van der Waals surface area (Å²) in [5, 5.41) is 0. The highest BCUT2D eigenvalue weighted by molar-refractivity contribution is 5.64. The van der Waals surface area contributed by atoms with Gasteiger partial charge in [0.15, 0.2) is 0 Å². The molecule has 2 aromatic carbocycles. The molecule has 0 spiro atoms. The Hall–Kier alpha value is -2.84. The molecule has 158 valence electrons. The van der Waals surface area contributed by atoms with Crippen LogP contribution in [0.4, 0.5) is 0 Å². The van der Waals surface area contributed by atoms with Gasteiger partial charge in [-0.25, -0.2) is 0 Å². The zero-order valence-electron chi connectivity index (χ0n) is 20.2. The van der Waals surface area contributed by atoms with Crippen LogP contribution in [0.25, 0.3) is 0 Å². The van der Waals surface area contributed by atoms with E-state index in [1.54, 1.807) is 0 Å². The van der Waals surface area contributed by atoms with Crippen LogP contribution in [0.1, 0.15) is 75.0 Å². The molecular formula is C28H34O2. The quantitative estimate of drug-likeness (QED) is 0.561. The van der Waals surface area contributed by atoms with Gasteiger partial charge in [0.25, 0.3) is 0 Å². The number of hydrogen-bond donors (Lipinski definition) is 0. The summed E-state index contributed by atoms with van der Waals surface area (Å²) in [6.45, 7) is 22.2. The van der Waals surface area contributed by atoms with Crippen molar-refractivity contribution in [1.29, 1.82) is 0 Å². The summed E-state index contributed by atoms with van der Waals surface area (Å²) in [5.74, 6) is 11.2. The van der Waals surface area contributed by atoms with Gasteiger partial charge in [-0.3, -0.25) is 0 Å². The maximum atomic E-state index is 5.90. The number of hydrogen-bond acceptors (Lipinski definition) is 2. The van der Waals surface area contributed by atoms with E-state index >= 15 is 0 Å². The minimum atomic E-state index is 0.590. The Morgan fingerprint density at radius 2 is 0.867 bits per heavy atom. The summed E-state index contributed by atoms with van der Waals surface area (Å²) < 4.78 is 11.1. The summed E-state index contributed by atoms with van der Waals surface area (Å²) in [6.07, 6.45) is 2.81.